The predicted octanol–water partition coefficient (Wildman–Crippen LogP) is 0.237. The molecule has 2 amide bonds. The Morgan fingerprint density at radius 2 is 1.92 bits per heavy atom. The zero-order valence-electron chi connectivity index (χ0n) is 8.76. The maximum Gasteiger partial charge on any atom is 0.239 e. The third kappa shape index (κ3) is 5.22. The lowest BCUT2D eigenvalue weighted by molar-refractivity contribution is -0.135. The van der Waals surface area contributed by atoms with Crippen molar-refractivity contribution in [3.63, 3.8) is 0 Å². The highest BCUT2D eigenvalue weighted by atomic mass is 16.2. The maximum absolute atomic E-state index is 11.4. The van der Waals surface area contributed by atoms with Crippen LogP contribution in [0.25, 0.3) is 0 Å². The number of hydrogen-bond donors (Lipinski definition) is 1. The summed E-state index contributed by atoms with van der Waals surface area (Å²) in [6, 6.07) is 0. The van der Waals surface area contributed by atoms with E-state index in [0.717, 1.165) is 0 Å². The van der Waals surface area contributed by atoms with Crippen molar-refractivity contribution in [1.29, 1.82) is 0 Å². The van der Waals surface area contributed by atoms with Gasteiger partial charge in [-0.1, -0.05) is 13.8 Å². The fourth-order valence-corrected chi connectivity index (χ4v) is 0.888. The summed E-state index contributed by atoms with van der Waals surface area (Å²) < 4.78 is 0. The standard InChI is InChI=1S/C9H18N2O2/c1-7(2)5-9(13)11(4)6-8(12)10-3/h7H,5-6H2,1-4H3,(H,10,12). The summed E-state index contributed by atoms with van der Waals surface area (Å²) in [6.45, 7) is 4.10. The van der Waals surface area contributed by atoms with Crippen LogP contribution in [-0.4, -0.2) is 37.4 Å². The summed E-state index contributed by atoms with van der Waals surface area (Å²) in [7, 11) is 3.20. The van der Waals surface area contributed by atoms with Crippen molar-refractivity contribution in [3.8, 4) is 0 Å². The molecule has 4 nitrogen and oxygen atoms in total. The largest absolute Gasteiger partial charge is 0.358 e. The van der Waals surface area contributed by atoms with Crippen LogP contribution in [0.4, 0.5) is 0 Å². The van der Waals surface area contributed by atoms with Gasteiger partial charge in [-0.25, -0.2) is 0 Å². The van der Waals surface area contributed by atoms with Gasteiger partial charge in [-0.15, -0.1) is 0 Å². The summed E-state index contributed by atoms with van der Waals surface area (Å²) in [5, 5.41) is 2.47. The fourth-order valence-electron chi connectivity index (χ4n) is 0.888. The van der Waals surface area contributed by atoms with E-state index in [-0.39, 0.29) is 18.4 Å². The van der Waals surface area contributed by atoms with Crippen LogP contribution in [-0.2, 0) is 9.59 Å². The highest BCUT2D eigenvalue weighted by molar-refractivity contribution is 5.84. The first-order chi connectivity index (χ1) is 5.97. The van der Waals surface area contributed by atoms with Crippen molar-refractivity contribution in [2.24, 2.45) is 5.92 Å². The monoisotopic (exact) mass is 186 g/mol. The molecular weight excluding hydrogens is 168 g/mol. The van der Waals surface area contributed by atoms with Crippen molar-refractivity contribution in [2.75, 3.05) is 20.6 Å². The maximum atomic E-state index is 11.4. The number of likely N-dealkylation sites (N-methyl/N-ethyl adjacent to an activating group) is 2. The number of nitrogens with zero attached hydrogens (tertiary/aromatic N) is 1. The van der Waals surface area contributed by atoms with Crippen LogP contribution < -0.4 is 5.32 Å². The average Bonchev–Trinajstić information content (AvgIpc) is 2.02. The second-order valence-electron chi connectivity index (χ2n) is 3.52. The van der Waals surface area contributed by atoms with Gasteiger partial charge in [0.25, 0.3) is 0 Å². The summed E-state index contributed by atoms with van der Waals surface area (Å²) in [6.07, 6.45) is 0.494. The van der Waals surface area contributed by atoms with Crippen LogP contribution in [0.3, 0.4) is 0 Å². The highest BCUT2D eigenvalue weighted by Crippen LogP contribution is 2.01. The number of nitrogens with one attached hydrogen (secondary N) is 1. The Morgan fingerprint density at radius 3 is 2.31 bits per heavy atom. The lowest BCUT2D eigenvalue weighted by atomic mass is 10.1. The van der Waals surface area contributed by atoms with Crippen molar-refractivity contribution in [2.45, 2.75) is 20.3 Å². The molecule has 76 valence electrons. The van der Waals surface area contributed by atoms with Crippen LogP contribution in [0, 0.1) is 5.92 Å². The van der Waals surface area contributed by atoms with Crippen molar-refractivity contribution < 1.29 is 9.59 Å². The molecule has 0 rings (SSSR count). The fraction of sp³-hybridized carbons (Fsp3) is 0.778. The first-order valence-corrected chi connectivity index (χ1v) is 4.42. The molecule has 0 bridgehead atoms. The lowest BCUT2D eigenvalue weighted by Gasteiger charge is -2.16. The SMILES string of the molecule is CNC(=O)CN(C)C(=O)CC(C)C. The van der Waals surface area contributed by atoms with Gasteiger partial charge in [0.2, 0.25) is 11.8 Å². The average molecular weight is 186 g/mol. The molecule has 0 heterocycles. The number of rotatable bonds is 4. The Hall–Kier alpha value is -1.06. The van der Waals surface area contributed by atoms with Crippen molar-refractivity contribution in [3.05, 3.63) is 0 Å². The van der Waals surface area contributed by atoms with E-state index in [0.29, 0.717) is 12.3 Å². The van der Waals surface area contributed by atoms with Gasteiger partial charge in [-0.2, -0.15) is 0 Å². The number of amides is 2. The normalized spacial score (nSPS) is 9.92. The number of carbonyl (C=O) groups excluding carboxylic acids is 2. The molecule has 0 aliphatic rings. The molecule has 0 aliphatic heterocycles. The molecule has 0 spiro atoms. The highest BCUT2D eigenvalue weighted by Gasteiger charge is 2.12. The Bertz CT molecular complexity index is 190. The first-order valence-electron chi connectivity index (χ1n) is 4.42. The second kappa shape index (κ2) is 5.56. The molecule has 0 aliphatic carbocycles. The van der Waals surface area contributed by atoms with Crippen LogP contribution >= 0.6 is 0 Å². The minimum Gasteiger partial charge on any atom is -0.358 e. The summed E-state index contributed by atoms with van der Waals surface area (Å²) in [5.74, 6) is 0.206. The molecule has 4 heteroatoms. The molecule has 0 unspecified atom stereocenters. The molecular formula is C9H18N2O2. The summed E-state index contributed by atoms with van der Waals surface area (Å²) >= 11 is 0. The van der Waals surface area contributed by atoms with Gasteiger partial charge in [0, 0.05) is 20.5 Å². The third-order valence-electron chi connectivity index (χ3n) is 1.67. The molecule has 0 atom stereocenters. The van der Waals surface area contributed by atoms with E-state index in [9.17, 15) is 9.59 Å². The minimum absolute atomic E-state index is 0.0126. The van der Waals surface area contributed by atoms with Crippen LogP contribution in [0.2, 0.25) is 0 Å². The van der Waals surface area contributed by atoms with E-state index in [2.05, 4.69) is 5.32 Å². The minimum atomic E-state index is -0.139. The van der Waals surface area contributed by atoms with E-state index >= 15 is 0 Å². The molecule has 0 aromatic carbocycles. The van der Waals surface area contributed by atoms with Gasteiger partial charge in [0.05, 0.1) is 6.54 Å². The van der Waals surface area contributed by atoms with Gasteiger partial charge in [0.1, 0.15) is 0 Å². The van der Waals surface area contributed by atoms with E-state index in [1.807, 2.05) is 13.8 Å². The molecule has 0 saturated heterocycles. The molecule has 0 aromatic rings. The molecule has 0 saturated carbocycles. The van der Waals surface area contributed by atoms with Gasteiger partial charge in [-0.3, -0.25) is 9.59 Å². The van der Waals surface area contributed by atoms with Gasteiger partial charge in [0.15, 0.2) is 0 Å². The quantitative estimate of drug-likeness (QED) is 0.683. The third-order valence-corrected chi connectivity index (χ3v) is 1.67. The molecule has 0 radical (unpaired) electrons. The van der Waals surface area contributed by atoms with Gasteiger partial charge >= 0.3 is 0 Å². The van der Waals surface area contributed by atoms with Gasteiger partial charge < -0.3 is 10.2 Å². The Labute approximate surface area is 79.3 Å². The summed E-state index contributed by atoms with van der Waals surface area (Å²) in [5.41, 5.74) is 0. The van der Waals surface area contributed by atoms with Gasteiger partial charge in [-0.05, 0) is 5.92 Å². The topological polar surface area (TPSA) is 49.4 Å². The second-order valence-corrected chi connectivity index (χ2v) is 3.52. The zero-order chi connectivity index (χ0) is 10.4. The molecule has 0 aromatic heterocycles. The van der Waals surface area contributed by atoms with Crippen molar-refractivity contribution in [1.82, 2.24) is 10.2 Å². The van der Waals surface area contributed by atoms with E-state index in [1.165, 1.54) is 4.90 Å². The van der Waals surface area contributed by atoms with E-state index < -0.39 is 0 Å². The molecule has 0 fully saturated rings. The molecule has 13 heavy (non-hydrogen) atoms. The Morgan fingerprint density at radius 1 is 1.38 bits per heavy atom. The summed E-state index contributed by atoms with van der Waals surface area (Å²) in [4.78, 5) is 23.7. The lowest BCUT2D eigenvalue weighted by Crippen LogP contribution is -2.37. The van der Waals surface area contributed by atoms with E-state index in [1.54, 1.807) is 14.1 Å². The molecule has 1 N–H and O–H groups in total. The smallest absolute Gasteiger partial charge is 0.239 e. The van der Waals surface area contributed by atoms with Crippen molar-refractivity contribution >= 4 is 11.8 Å². The Kier molecular flexibility index (Phi) is 5.11. The van der Waals surface area contributed by atoms with E-state index in [4.69, 9.17) is 0 Å². The Balaban J connectivity index is 3.89. The zero-order valence-corrected chi connectivity index (χ0v) is 8.76. The van der Waals surface area contributed by atoms with Crippen LogP contribution in [0.1, 0.15) is 20.3 Å². The van der Waals surface area contributed by atoms with Crippen LogP contribution in [0.5, 0.6) is 0 Å². The number of hydrogen-bond acceptors (Lipinski definition) is 2. The predicted molar refractivity (Wildman–Crippen MR) is 51.2 cm³/mol. The van der Waals surface area contributed by atoms with Crippen LogP contribution in [0.15, 0.2) is 0 Å². The number of carbonyl (C=O) groups is 2. The first kappa shape index (κ1) is 11.9.